The van der Waals surface area contributed by atoms with Crippen LogP contribution in [0.15, 0.2) is 50.2 Å². The van der Waals surface area contributed by atoms with Crippen LogP contribution in [0.25, 0.3) is 33.3 Å². The summed E-state index contributed by atoms with van der Waals surface area (Å²) in [5.41, 5.74) is 1.69. The van der Waals surface area contributed by atoms with E-state index in [0.717, 1.165) is 10.9 Å². The van der Waals surface area contributed by atoms with Crippen LogP contribution in [0, 0.1) is 0 Å². The van der Waals surface area contributed by atoms with Crippen LogP contribution >= 0.6 is 10.7 Å². The van der Waals surface area contributed by atoms with Crippen molar-refractivity contribution in [1.29, 1.82) is 0 Å². The van der Waals surface area contributed by atoms with Crippen molar-refractivity contribution in [3.05, 3.63) is 42.3 Å². The van der Waals surface area contributed by atoms with Crippen LogP contribution < -0.4 is 0 Å². The zero-order valence-electron chi connectivity index (χ0n) is 14.3. The number of furan rings is 1. The van der Waals surface area contributed by atoms with Gasteiger partial charge in [-0.05, 0) is 30.3 Å². The topological polar surface area (TPSA) is 86.2 Å². The zero-order chi connectivity index (χ0) is 18.7. The maximum absolute atomic E-state index is 11.6. The second-order valence-electron chi connectivity index (χ2n) is 7.08. The van der Waals surface area contributed by atoms with Gasteiger partial charge in [-0.3, -0.25) is 0 Å². The molecule has 0 atom stereocenters. The number of rotatable bonds is 2. The van der Waals surface area contributed by atoms with E-state index in [0.29, 0.717) is 28.3 Å². The Morgan fingerprint density at radius 3 is 2.42 bits per heavy atom. The monoisotopic (exact) mass is 390 g/mol. The van der Waals surface area contributed by atoms with Crippen LogP contribution in [0.5, 0.6) is 0 Å². The molecule has 8 heteroatoms. The van der Waals surface area contributed by atoms with Crippen molar-refractivity contribution in [2.75, 3.05) is 0 Å². The summed E-state index contributed by atoms with van der Waals surface area (Å²) in [7, 11) is 1.63. The van der Waals surface area contributed by atoms with Gasteiger partial charge in [-0.1, -0.05) is 32.0 Å². The SMILES string of the molecule is CC(C)(C)c1nc(-c2ccc3c(c2)oc2ccc(S(=O)(=O)Cl)cc23)no1. The van der Waals surface area contributed by atoms with Gasteiger partial charge in [-0.15, -0.1) is 0 Å². The molecule has 0 amide bonds. The van der Waals surface area contributed by atoms with E-state index in [1.54, 1.807) is 6.07 Å². The van der Waals surface area contributed by atoms with Gasteiger partial charge in [-0.25, -0.2) is 8.42 Å². The van der Waals surface area contributed by atoms with Gasteiger partial charge in [-0.2, -0.15) is 4.98 Å². The maximum atomic E-state index is 11.6. The van der Waals surface area contributed by atoms with Gasteiger partial charge in [0.05, 0.1) is 4.90 Å². The van der Waals surface area contributed by atoms with Gasteiger partial charge in [0.25, 0.3) is 9.05 Å². The highest BCUT2D eigenvalue weighted by molar-refractivity contribution is 8.13. The molecule has 2 heterocycles. The minimum absolute atomic E-state index is 0.0337. The molecule has 0 fully saturated rings. The first-order valence-electron chi connectivity index (χ1n) is 7.88. The van der Waals surface area contributed by atoms with Crippen molar-refractivity contribution in [3.8, 4) is 11.4 Å². The molecule has 134 valence electrons. The van der Waals surface area contributed by atoms with Crippen LogP contribution in [0.1, 0.15) is 26.7 Å². The van der Waals surface area contributed by atoms with Crippen molar-refractivity contribution in [3.63, 3.8) is 0 Å². The van der Waals surface area contributed by atoms with Crippen molar-refractivity contribution >= 4 is 41.7 Å². The molecule has 0 aliphatic rings. The third-order valence-electron chi connectivity index (χ3n) is 4.05. The standard InChI is InChI=1S/C18H15ClN2O4S/c1-18(2,3)17-20-16(21-25-17)10-4-6-12-13-9-11(26(19,22)23)5-7-14(13)24-15(12)8-10/h4-9H,1-3H3. The summed E-state index contributed by atoms with van der Waals surface area (Å²) in [6.45, 7) is 5.99. The van der Waals surface area contributed by atoms with E-state index in [1.165, 1.54) is 12.1 Å². The lowest BCUT2D eigenvalue weighted by molar-refractivity contribution is 0.321. The van der Waals surface area contributed by atoms with Gasteiger partial charge in [0.2, 0.25) is 11.7 Å². The van der Waals surface area contributed by atoms with E-state index in [1.807, 2.05) is 39.0 Å². The molecule has 0 bridgehead atoms. The van der Waals surface area contributed by atoms with Gasteiger partial charge in [0.15, 0.2) is 0 Å². The summed E-state index contributed by atoms with van der Waals surface area (Å²) in [6.07, 6.45) is 0. The lowest BCUT2D eigenvalue weighted by Crippen LogP contribution is -2.11. The third-order valence-corrected chi connectivity index (χ3v) is 5.40. The van der Waals surface area contributed by atoms with E-state index in [-0.39, 0.29) is 10.3 Å². The number of hydrogen-bond donors (Lipinski definition) is 0. The Balaban J connectivity index is 1.85. The van der Waals surface area contributed by atoms with Crippen molar-refractivity contribution < 1.29 is 17.4 Å². The van der Waals surface area contributed by atoms with E-state index < -0.39 is 9.05 Å². The Bertz CT molecular complexity index is 1250. The molecule has 0 N–H and O–H groups in total. The number of hydrogen-bond acceptors (Lipinski definition) is 6. The minimum atomic E-state index is -3.81. The van der Waals surface area contributed by atoms with Crippen LogP contribution in [0.4, 0.5) is 0 Å². The smallest absolute Gasteiger partial charge is 0.261 e. The Hall–Kier alpha value is -2.38. The Morgan fingerprint density at radius 2 is 1.77 bits per heavy atom. The van der Waals surface area contributed by atoms with E-state index in [2.05, 4.69) is 10.1 Å². The van der Waals surface area contributed by atoms with Crippen molar-refractivity contribution in [2.24, 2.45) is 0 Å². The first kappa shape index (κ1) is 17.1. The van der Waals surface area contributed by atoms with Gasteiger partial charge in [0.1, 0.15) is 11.2 Å². The molecule has 0 aliphatic heterocycles. The second-order valence-corrected chi connectivity index (χ2v) is 9.65. The molecule has 4 rings (SSSR count). The predicted octanol–water partition coefficient (Wildman–Crippen LogP) is 4.86. The first-order valence-corrected chi connectivity index (χ1v) is 10.2. The van der Waals surface area contributed by atoms with Crippen LogP contribution in [-0.4, -0.2) is 18.6 Å². The molecule has 2 aromatic heterocycles. The maximum Gasteiger partial charge on any atom is 0.261 e. The van der Waals surface area contributed by atoms with Crippen LogP contribution in [0.2, 0.25) is 0 Å². The van der Waals surface area contributed by atoms with E-state index in [9.17, 15) is 8.42 Å². The molecular formula is C18H15ClN2O4S. The number of nitrogens with zero attached hydrogens (tertiary/aromatic N) is 2. The minimum Gasteiger partial charge on any atom is -0.456 e. The quantitative estimate of drug-likeness (QED) is 0.454. The Labute approximate surface area is 154 Å². The van der Waals surface area contributed by atoms with Gasteiger partial charge < -0.3 is 8.94 Å². The summed E-state index contributed by atoms with van der Waals surface area (Å²) in [4.78, 5) is 4.48. The fourth-order valence-corrected chi connectivity index (χ4v) is 3.47. The highest BCUT2D eigenvalue weighted by Gasteiger charge is 2.22. The van der Waals surface area contributed by atoms with Crippen LogP contribution in [0.3, 0.4) is 0 Å². The molecule has 0 aliphatic carbocycles. The summed E-state index contributed by atoms with van der Waals surface area (Å²) >= 11 is 0. The molecule has 0 spiro atoms. The number of benzene rings is 2. The lowest BCUT2D eigenvalue weighted by atomic mass is 9.97. The highest BCUT2D eigenvalue weighted by Crippen LogP contribution is 2.34. The highest BCUT2D eigenvalue weighted by atomic mass is 35.7. The van der Waals surface area contributed by atoms with E-state index in [4.69, 9.17) is 19.6 Å². The average Bonchev–Trinajstić information content (AvgIpc) is 3.17. The molecular weight excluding hydrogens is 376 g/mol. The molecule has 0 saturated heterocycles. The Morgan fingerprint density at radius 1 is 1.00 bits per heavy atom. The summed E-state index contributed by atoms with van der Waals surface area (Å²) in [6, 6.07) is 10.0. The number of aromatic nitrogens is 2. The predicted molar refractivity (Wildman–Crippen MR) is 98.8 cm³/mol. The number of fused-ring (bicyclic) bond motifs is 3. The molecule has 0 saturated carbocycles. The molecule has 26 heavy (non-hydrogen) atoms. The molecule has 0 radical (unpaired) electrons. The molecule has 2 aromatic carbocycles. The largest absolute Gasteiger partial charge is 0.456 e. The normalized spacial score (nSPS) is 12.9. The third kappa shape index (κ3) is 2.87. The molecule has 6 nitrogen and oxygen atoms in total. The summed E-state index contributed by atoms with van der Waals surface area (Å²) < 4.78 is 34.3. The molecule has 4 aromatic rings. The van der Waals surface area contributed by atoms with Crippen molar-refractivity contribution in [1.82, 2.24) is 10.1 Å². The Kier molecular flexibility index (Phi) is 3.65. The summed E-state index contributed by atoms with van der Waals surface area (Å²) in [5, 5.41) is 5.50. The average molecular weight is 391 g/mol. The van der Waals surface area contributed by atoms with Gasteiger partial charge in [0, 0.05) is 32.4 Å². The van der Waals surface area contributed by atoms with Crippen molar-refractivity contribution in [2.45, 2.75) is 31.1 Å². The van der Waals surface area contributed by atoms with E-state index >= 15 is 0 Å². The fraction of sp³-hybridized carbons (Fsp3) is 0.222. The van der Waals surface area contributed by atoms with Gasteiger partial charge >= 0.3 is 0 Å². The zero-order valence-corrected chi connectivity index (χ0v) is 15.9. The molecule has 0 unspecified atom stereocenters. The van der Waals surface area contributed by atoms with Crippen LogP contribution in [-0.2, 0) is 14.5 Å². The second kappa shape index (κ2) is 5.56. The summed E-state index contributed by atoms with van der Waals surface area (Å²) in [5.74, 6) is 1.02. The fourth-order valence-electron chi connectivity index (χ4n) is 2.69. The number of halogens is 1. The lowest BCUT2D eigenvalue weighted by Gasteiger charge is -2.10. The first-order chi connectivity index (χ1) is 12.1.